The van der Waals surface area contributed by atoms with Gasteiger partial charge in [-0.2, -0.15) is 0 Å². The van der Waals surface area contributed by atoms with E-state index in [0.717, 1.165) is 11.2 Å². The first kappa shape index (κ1) is 10.9. The number of ether oxygens (including phenoxy) is 1. The third-order valence-electron chi connectivity index (χ3n) is 4.19. The Labute approximate surface area is 95.7 Å². The molecule has 2 aliphatic carbocycles. The van der Waals surface area contributed by atoms with Gasteiger partial charge in [-0.05, 0) is 32.6 Å². The minimum atomic E-state index is 0.442. The summed E-state index contributed by atoms with van der Waals surface area (Å²) in [5, 5.41) is 0. The lowest BCUT2D eigenvalue weighted by atomic mass is 9.64. The second-order valence-electron chi connectivity index (χ2n) is 4.99. The first-order chi connectivity index (χ1) is 6.69. The Balaban J connectivity index is 1.94. The summed E-state index contributed by atoms with van der Waals surface area (Å²) in [4.78, 5) is 0.728. The van der Waals surface area contributed by atoms with Gasteiger partial charge in [0.25, 0.3) is 0 Å². The fourth-order valence-corrected chi connectivity index (χ4v) is 4.03. The maximum Gasteiger partial charge on any atom is 0.0656 e. The number of halogens is 1. The molecule has 0 aliphatic heterocycles. The van der Waals surface area contributed by atoms with E-state index in [9.17, 15) is 0 Å². The fraction of sp³-hybridized carbons (Fsp3) is 1.00. The third kappa shape index (κ3) is 1.65. The molecule has 0 saturated heterocycles. The van der Waals surface area contributed by atoms with Crippen molar-refractivity contribution < 1.29 is 4.74 Å². The summed E-state index contributed by atoms with van der Waals surface area (Å²) < 4.78 is 6.11. The summed E-state index contributed by atoms with van der Waals surface area (Å²) >= 11 is 3.82. The topological polar surface area (TPSA) is 9.23 Å². The normalized spacial score (nSPS) is 37.1. The molecule has 0 aromatic carbocycles. The van der Waals surface area contributed by atoms with E-state index in [-0.39, 0.29) is 0 Å². The zero-order chi connectivity index (χ0) is 10.2. The smallest absolute Gasteiger partial charge is 0.0656 e. The Morgan fingerprint density at radius 3 is 2.57 bits per heavy atom. The van der Waals surface area contributed by atoms with E-state index in [1.54, 1.807) is 0 Å². The standard InChI is InChI=1S/C12H21BrO/c1-3-9(2)14-11-8-10(13)12(11)6-4-5-7-12/h9-11H,3-8H2,1-2H3. The van der Waals surface area contributed by atoms with Crippen molar-refractivity contribution in [3.05, 3.63) is 0 Å². The van der Waals surface area contributed by atoms with Gasteiger partial charge in [0, 0.05) is 10.2 Å². The van der Waals surface area contributed by atoms with Crippen LogP contribution in [0.1, 0.15) is 52.4 Å². The molecule has 2 saturated carbocycles. The van der Waals surface area contributed by atoms with Crippen LogP contribution in [0.5, 0.6) is 0 Å². The third-order valence-corrected chi connectivity index (χ3v) is 5.48. The Kier molecular flexibility index (Phi) is 3.23. The molecular weight excluding hydrogens is 240 g/mol. The summed E-state index contributed by atoms with van der Waals surface area (Å²) in [7, 11) is 0. The molecule has 3 atom stereocenters. The minimum absolute atomic E-state index is 0.442. The minimum Gasteiger partial charge on any atom is -0.375 e. The van der Waals surface area contributed by atoms with Crippen molar-refractivity contribution in [2.75, 3.05) is 0 Å². The molecule has 0 aromatic rings. The van der Waals surface area contributed by atoms with Crippen LogP contribution < -0.4 is 0 Å². The van der Waals surface area contributed by atoms with E-state index in [4.69, 9.17) is 4.74 Å². The van der Waals surface area contributed by atoms with Crippen LogP contribution in [-0.2, 0) is 4.74 Å². The van der Waals surface area contributed by atoms with Crippen molar-refractivity contribution >= 4 is 15.9 Å². The van der Waals surface area contributed by atoms with Gasteiger partial charge in [0.15, 0.2) is 0 Å². The lowest BCUT2D eigenvalue weighted by molar-refractivity contribution is -0.129. The molecule has 0 N–H and O–H groups in total. The molecule has 0 bridgehead atoms. The van der Waals surface area contributed by atoms with Crippen LogP contribution in [0.2, 0.25) is 0 Å². The lowest BCUT2D eigenvalue weighted by Gasteiger charge is -2.52. The average molecular weight is 261 g/mol. The number of alkyl halides is 1. The van der Waals surface area contributed by atoms with Crippen LogP contribution in [0, 0.1) is 5.41 Å². The molecule has 14 heavy (non-hydrogen) atoms. The average Bonchev–Trinajstić information content (AvgIpc) is 2.68. The predicted octanol–water partition coefficient (Wildman–Crippen LogP) is 3.90. The molecule has 1 spiro atoms. The van der Waals surface area contributed by atoms with Crippen LogP contribution in [0.4, 0.5) is 0 Å². The molecule has 2 fully saturated rings. The van der Waals surface area contributed by atoms with Gasteiger partial charge >= 0.3 is 0 Å². The Morgan fingerprint density at radius 2 is 2.07 bits per heavy atom. The van der Waals surface area contributed by atoms with Crippen molar-refractivity contribution in [3.8, 4) is 0 Å². The van der Waals surface area contributed by atoms with Crippen LogP contribution >= 0.6 is 15.9 Å². The highest BCUT2D eigenvalue weighted by Crippen LogP contribution is 2.58. The van der Waals surface area contributed by atoms with E-state index in [2.05, 4.69) is 29.8 Å². The van der Waals surface area contributed by atoms with Crippen molar-refractivity contribution in [1.82, 2.24) is 0 Å². The van der Waals surface area contributed by atoms with Crippen LogP contribution in [-0.4, -0.2) is 17.0 Å². The first-order valence-corrected chi connectivity index (χ1v) is 6.90. The van der Waals surface area contributed by atoms with Gasteiger partial charge in [0.05, 0.1) is 12.2 Å². The highest BCUT2D eigenvalue weighted by atomic mass is 79.9. The summed E-state index contributed by atoms with van der Waals surface area (Å²) in [6, 6.07) is 0. The molecule has 2 heteroatoms. The lowest BCUT2D eigenvalue weighted by Crippen LogP contribution is -2.54. The molecule has 2 rings (SSSR count). The molecular formula is C12H21BrO. The van der Waals surface area contributed by atoms with E-state index >= 15 is 0 Å². The second kappa shape index (κ2) is 4.13. The van der Waals surface area contributed by atoms with E-state index in [0.29, 0.717) is 17.6 Å². The zero-order valence-electron chi connectivity index (χ0n) is 9.26. The van der Waals surface area contributed by atoms with Gasteiger partial charge in [-0.3, -0.25) is 0 Å². The van der Waals surface area contributed by atoms with Crippen LogP contribution in [0.25, 0.3) is 0 Å². The Hall–Kier alpha value is 0.440. The SMILES string of the molecule is CCC(C)OC1CC(Br)C12CCCC2. The molecule has 0 amide bonds. The second-order valence-corrected chi connectivity index (χ2v) is 6.09. The van der Waals surface area contributed by atoms with Gasteiger partial charge in [0.2, 0.25) is 0 Å². The van der Waals surface area contributed by atoms with Gasteiger partial charge in [-0.1, -0.05) is 35.7 Å². The maximum absolute atomic E-state index is 6.11. The first-order valence-electron chi connectivity index (χ1n) is 5.98. The van der Waals surface area contributed by atoms with Crippen LogP contribution in [0.3, 0.4) is 0 Å². The molecule has 2 aliphatic rings. The van der Waals surface area contributed by atoms with E-state index in [1.807, 2.05) is 0 Å². The largest absolute Gasteiger partial charge is 0.375 e. The summed E-state index contributed by atoms with van der Waals surface area (Å²) in [6.45, 7) is 4.40. The molecule has 1 nitrogen and oxygen atoms in total. The van der Waals surface area contributed by atoms with Gasteiger partial charge in [-0.25, -0.2) is 0 Å². The molecule has 0 aromatic heterocycles. The van der Waals surface area contributed by atoms with Crippen molar-refractivity contribution in [3.63, 3.8) is 0 Å². The van der Waals surface area contributed by atoms with Gasteiger partial charge < -0.3 is 4.74 Å². The molecule has 82 valence electrons. The number of hydrogen-bond donors (Lipinski definition) is 0. The quantitative estimate of drug-likeness (QED) is 0.700. The monoisotopic (exact) mass is 260 g/mol. The predicted molar refractivity (Wildman–Crippen MR) is 62.9 cm³/mol. The molecule has 0 heterocycles. The van der Waals surface area contributed by atoms with Crippen molar-refractivity contribution in [2.24, 2.45) is 5.41 Å². The molecule has 0 radical (unpaired) electrons. The zero-order valence-corrected chi connectivity index (χ0v) is 10.8. The molecule has 3 unspecified atom stereocenters. The van der Waals surface area contributed by atoms with Crippen LogP contribution in [0.15, 0.2) is 0 Å². The highest BCUT2D eigenvalue weighted by molar-refractivity contribution is 9.09. The van der Waals surface area contributed by atoms with Crippen molar-refractivity contribution in [1.29, 1.82) is 0 Å². The van der Waals surface area contributed by atoms with Crippen molar-refractivity contribution in [2.45, 2.75) is 69.4 Å². The highest BCUT2D eigenvalue weighted by Gasteiger charge is 2.55. The van der Waals surface area contributed by atoms with Gasteiger partial charge in [-0.15, -0.1) is 0 Å². The summed E-state index contributed by atoms with van der Waals surface area (Å²) in [5.74, 6) is 0. The maximum atomic E-state index is 6.11. The Morgan fingerprint density at radius 1 is 1.43 bits per heavy atom. The summed E-state index contributed by atoms with van der Waals surface area (Å²) in [6.07, 6.45) is 8.92. The fourth-order valence-electron chi connectivity index (χ4n) is 2.93. The van der Waals surface area contributed by atoms with E-state index in [1.165, 1.54) is 32.1 Å². The van der Waals surface area contributed by atoms with Gasteiger partial charge in [0.1, 0.15) is 0 Å². The Bertz CT molecular complexity index is 198. The number of hydrogen-bond acceptors (Lipinski definition) is 1. The van der Waals surface area contributed by atoms with E-state index < -0.39 is 0 Å². The summed E-state index contributed by atoms with van der Waals surface area (Å²) in [5.41, 5.74) is 0.517. The number of rotatable bonds is 3.